The Morgan fingerprint density at radius 1 is 0.875 bits per heavy atom. The molecule has 9 heteroatoms. The van der Waals surface area contributed by atoms with Crippen LogP contribution >= 0.6 is 11.6 Å². The highest BCUT2D eigenvalue weighted by atomic mass is 35.5. The second kappa shape index (κ2) is 11.7. The maximum absolute atomic E-state index is 13.2. The average molecular weight is 573 g/mol. The lowest BCUT2D eigenvalue weighted by molar-refractivity contribution is -0.110. The van der Waals surface area contributed by atoms with Crippen molar-refractivity contribution < 1.29 is 13.2 Å². The Morgan fingerprint density at radius 3 is 2.23 bits per heavy atom. The first-order valence-corrected chi connectivity index (χ1v) is 14.6. The maximum atomic E-state index is 13.2. The fourth-order valence-corrected chi connectivity index (χ4v) is 5.74. The van der Waals surface area contributed by atoms with E-state index in [9.17, 15) is 13.2 Å². The number of sulfonamides is 1. The minimum absolute atomic E-state index is 0.131. The fourth-order valence-electron chi connectivity index (χ4n) is 4.53. The van der Waals surface area contributed by atoms with E-state index in [2.05, 4.69) is 32.4 Å². The molecule has 1 heterocycles. The monoisotopic (exact) mass is 572 g/mol. The van der Waals surface area contributed by atoms with Crippen LogP contribution in [0.3, 0.4) is 0 Å². The van der Waals surface area contributed by atoms with Gasteiger partial charge in [0, 0.05) is 29.4 Å². The normalized spacial score (nSPS) is 14.2. The standard InChI is InChI=1S/C31H29ClN4O3S/c1-36(2)20-22-10-15-25(16-11-22)34-30(29-27-17-14-24(32)18-28(27)35-31(29)37)23-12-8-21(9-13-23)19-33-40(38,39)26-6-4-3-5-7-26/h3-18,33-34H,19-20H2,1-2H3,(H,35,37). The van der Waals surface area contributed by atoms with Gasteiger partial charge in [0.1, 0.15) is 0 Å². The summed E-state index contributed by atoms with van der Waals surface area (Å²) in [6, 6.07) is 29.1. The number of carbonyl (C=O) groups is 1. The van der Waals surface area contributed by atoms with Crippen molar-refractivity contribution in [3.05, 3.63) is 124 Å². The minimum atomic E-state index is -3.63. The van der Waals surface area contributed by atoms with Crippen molar-refractivity contribution >= 4 is 50.2 Å². The Kier molecular flexibility index (Phi) is 8.04. The van der Waals surface area contributed by atoms with Crippen LogP contribution in [0.15, 0.2) is 102 Å². The van der Waals surface area contributed by atoms with Gasteiger partial charge in [0.15, 0.2) is 0 Å². The molecule has 0 saturated carbocycles. The SMILES string of the molecule is CN(C)Cc1ccc(NC(=C2C(=O)Nc3cc(Cl)ccc32)c2ccc(CNS(=O)(=O)c3ccccc3)cc2)cc1. The Hall–Kier alpha value is -3.95. The Balaban J connectivity index is 1.46. The van der Waals surface area contributed by atoms with Crippen LogP contribution in [0.25, 0.3) is 11.3 Å². The van der Waals surface area contributed by atoms with Crippen molar-refractivity contribution in [1.29, 1.82) is 0 Å². The van der Waals surface area contributed by atoms with E-state index in [1.807, 2.05) is 56.6 Å². The first kappa shape index (κ1) is 27.6. The lowest BCUT2D eigenvalue weighted by Gasteiger charge is -2.16. The third kappa shape index (κ3) is 6.26. The molecule has 0 spiro atoms. The van der Waals surface area contributed by atoms with Crippen LogP contribution in [0, 0.1) is 0 Å². The molecule has 0 atom stereocenters. The molecule has 204 valence electrons. The quantitative estimate of drug-likeness (QED) is 0.220. The van der Waals surface area contributed by atoms with Gasteiger partial charge < -0.3 is 15.5 Å². The maximum Gasteiger partial charge on any atom is 0.258 e. The third-order valence-corrected chi connectivity index (χ3v) is 8.11. The zero-order chi connectivity index (χ0) is 28.3. The number of benzene rings is 4. The number of amides is 1. The zero-order valence-corrected chi connectivity index (χ0v) is 23.7. The van der Waals surface area contributed by atoms with Crippen LogP contribution in [0.5, 0.6) is 0 Å². The molecule has 40 heavy (non-hydrogen) atoms. The summed E-state index contributed by atoms with van der Waals surface area (Å²) in [6.07, 6.45) is 0. The molecule has 0 aliphatic carbocycles. The first-order chi connectivity index (χ1) is 19.2. The topological polar surface area (TPSA) is 90.5 Å². The molecule has 0 unspecified atom stereocenters. The molecule has 0 fully saturated rings. The number of fused-ring (bicyclic) bond motifs is 1. The first-order valence-electron chi connectivity index (χ1n) is 12.7. The van der Waals surface area contributed by atoms with E-state index < -0.39 is 10.0 Å². The number of hydrogen-bond acceptors (Lipinski definition) is 5. The Morgan fingerprint density at radius 2 is 1.55 bits per heavy atom. The van der Waals surface area contributed by atoms with E-state index in [1.165, 1.54) is 5.56 Å². The highest BCUT2D eigenvalue weighted by molar-refractivity contribution is 7.89. The van der Waals surface area contributed by atoms with E-state index in [0.717, 1.165) is 28.9 Å². The summed E-state index contributed by atoms with van der Waals surface area (Å²) in [7, 11) is 0.410. The number of hydrogen-bond donors (Lipinski definition) is 3. The van der Waals surface area contributed by atoms with Crippen LogP contribution < -0.4 is 15.4 Å². The van der Waals surface area contributed by atoms with Crippen molar-refractivity contribution in [1.82, 2.24) is 9.62 Å². The van der Waals surface area contributed by atoms with Gasteiger partial charge in [-0.05, 0) is 67.2 Å². The summed E-state index contributed by atoms with van der Waals surface area (Å²) >= 11 is 6.18. The molecule has 1 aliphatic rings. The summed E-state index contributed by atoms with van der Waals surface area (Å²) in [5, 5.41) is 6.91. The van der Waals surface area contributed by atoms with Crippen LogP contribution in [0.2, 0.25) is 5.02 Å². The van der Waals surface area contributed by atoms with Crippen LogP contribution in [0.1, 0.15) is 22.3 Å². The van der Waals surface area contributed by atoms with Crippen molar-refractivity contribution in [2.45, 2.75) is 18.0 Å². The van der Waals surface area contributed by atoms with Gasteiger partial charge in [0.25, 0.3) is 5.91 Å². The average Bonchev–Trinajstić information content (AvgIpc) is 3.26. The van der Waals surface area contributed by atoms with E-state index in [-0.39, 0.29) is 17.3 Å². The molecule has 1 aliphatic heterocycles. The van der Waals surface area contributed by atoms with Crippen molar-refractivity contribution in [2.75, 3.05) is 24.7 Å². The molecule has 5 rings (SSSR count). The second-order valence-electron chi connectivity index (χ2n) is 9.79. The van der Waals surface area contributed by atoms with Gasteiger partial charge in [-0.1, -0.05) is 72.3 Å². The number of nitrogens with zero attached hydrogens (tertiary/aromatic N) is 1. The van der Waals surface area contributed by atoms with Gasteiger partial charge in [0.2, 0.25) is 10.0 Å². The van der Waals surface area contributed by atoms with Crippen molar-refractivity contribution in [2.24, 2.45) is 0 Å². The Bertz CT molecular complexity index is 1670. The highest BCUT2D eigenvalue weighted by Gasteiger charge is 2.28. The number of carbonyl (C=O) groups excluding carboxylic acids is 1. The number of rotatable bonds is 9. The minimum Gasteiger partial charge on any atom is -0.354 e. The third-order valence-electron chi connectivity index (χ3n) is 6.46. The van der Waals surface area contributed by atoms with Crippen LogP contribution in [0.4, 0.5) is 11.4 Å². The second-order valence-corrected chi connectivity index (χ2v) is 12.0. The number of nitrogens with one attached hydrogen (secondary N) is 3. The molecular formula is C31H29ClN4O3S. The predicted molar refractivity (Wildman–Crippen MR) is 161 cm³/mol. The lowest BCUT2D eigenvalue weighted by Crippen LogP contribution is -2.23. The molecular weight excluding hydrogens is 544 g/mol. The molecule has 3 N–H and O–H groups in total. The highest BCUT2D eigenvalue weighted by Crippen LogP contribution is 2.38. The van der Waals surface area contributed by atoms with Gasteiger partial charge in [-0.15, -0.1) is 0 Å². The summed E-state index contributed by atoms with van der Waals surface area (Å²) in [5.41, 5.74) is 6.10. The van der Waals surface area contributed by atoms with Crippen LogP contribution in [-0.4, -0.2) is 33.3 Å². The van der Waals surface area contributed by atoms with Crippen molar-refractivity contribution in [3.8, 4) is 0 Å². The van der Waals surface area contributed by atoms with E-state index in [1.54, 1.807) is 42.5 Å². The fraction of sp³-hybridized carbons (Fsp3) is 0.129. The molecule has 1 amide bonds. The zero-order valence-electron chi connectivity index (χ0n) is 22.1. The molecule has 4 aromatic rings. The Labute approximate surface area is 239 Å². The number of anilines is 2. The van der Waals surface area contributed by atoms with E-state index >= 15 is 0 Å². The molecule has 0 aromatic heterocycles. The molecule has 0 bridgehead atoms. The summed E-state index contributed by atoms with van der Waals surface area (Å²) < 4.78 is 27.9. The summed E-state index contributed by atoms with van der Waals surface area (Å²) in [5.74, 6) is -0.233. The molecule has 4 aromatic carbocycles. The lowest BCUT2D eigenvalue weighted by atomic mass is 9.99. The number of halogens is 1. The molecule has 7 nitrogen and oxygen atoms in total. The van der Waals surface area contributed by atoms with Gasteiger partial charge in [-0.2, -0.15) is 0 Å². The van der Waals surface area contributed by atoms with Gasteiger partial charge in [0.05, 0.1) is 21.9 Å². The van der Waals surface area contributed by atoms with Gasteiger partial charge in [-0.25, -0.2) is 13.1 Å². The molecule has 0 radical (unpaired) electrons. The molecule has 0 saturated heterocycles. The van der Waals surface area contributed by atoms with Gasteiger partial charge >= 0.3 is 0 Å². The smallest absolute Gasteiger partial charge is 0.258 e. The van der Waals surface area contributed by atoms with E-state index in [4.69, 9.17) is 11.6 Å². The summed E-state index contributed by atoms with van der Waals surface area (Å²) in [6.45, 7) is 0.951. The van der Waals surface area contributed by atoms with Crippen LogP contribution in [-0.2, 0) is 27.9 Å². The van der Waals surface area contributed by atoms with Crippen molar-refractivity contribution in [3.63, 3.8) is 0 Å². The summed E-state index contributed by atoms with van der Waals surface area (Å²) in [4.78, 5) is 15.5. The van der Waals surface area contributed by atoms with E-state index in [0.29, 0.717) is 22.0 Å². The van der Waals surface area contributed by atoms with Gasteiger partial charge in [-0.3, -0.25) is 4.79 Å². The largest absolute Gasteiger partial charge is 0.354 e. The predicted octanol–water partition coefficient (Wildman–Crippen LogP) is 5.81.